The normalized spacial score (nSPS) is 11.7. The van der Waals surface area contributed by atoms with Gasteiger partial charge in [-0.1, -0.05) is 30.3 Å². The van der Waals surface area contributed by atoms with E-state index in [4.69, 9.17) is 25.8 Å². The fraction of sp³-hybridized carbons (Fsp3) is 0.231. The van der Waals surface area contributed by atoms with Gasteiger partial charge in [-0.3, -0.25) is 10.4 Å². The van der Waals surface area contributed by atoms with E-state index in [0.717, 1.165) is 15.8 Å². The number of nitrogens with one attached hydrogen (secondary N) is 2. The number of aromatic amines is 1. The molecule has 216 valence electrons. The molecule has 15 heteroatoms. The summed E-state index contributed by atoms with van der Waals surface area (Å²) in [7, 11) is 0. The lowest BCUT2D eigenvalue weighted by atomic mass is 9.89. The molecule has 0 aliphatic carbocycles. The number of rotatable bonds is 9. The topological polar surface area (TPSA) is 193 Å². The molecule has 0 saturated heterocycles. The molecule has 0 fully saturated rings. The minimum absolute atomic E-state index is 0.00830. The molecule has 6 N–H and O–H groups in total. The number of amidine groups is 1. The summed E-state index contributed by atoms with van der Waals surface area (Å²) in [5.41, 5.74) is 8.21. The Morgan fingerprint density at radius 3 is 2.32 bits per heavy atom. The van der Waals surface area contributed by atoms with E-state index in [2.05, 4.69) is 20.1 Å². The number of ether oxygens (including phenoxy) is 1. The minimum Gasteiger partial charge on any atom is -0.494 e. The first kappa shape index (κ1) is 30.5. The maximum Gasteiger partial charge on any atom is 0.490 e. The Balaban J connectivity index is 0.000000587. The molecule has 1 unspecified atom stereocenters. The number of hydrogen-bond acceptors (Lipinski definition) is 8. The Morgan fingerprint density at radius 2 is 1.78 bits per heavy atom. The van der Waals surface area contributed by atoms with E-state index in [9.17, 15) is 23.1 Å². The van der Waals surface area contributed by atoms with Crippen molar-refractivity contribution in [3.05, 3.63) is 99.5 Å². The monoisotopic (exact) mass is 573 g/mol. The van der Waals surface area contributed by atoms with E-state index < -0.39 is 17.8 Å². The van der Waals surface area contributed by atoms with Gasteiger partial charge in [-0.15, -0.1) is 9.78 Å². The van der Waals surface area contributed by atoms with Crippen molar-refractivity contribution >= 4 is 11.8 Å². The molecule has 4 aromatic rings. The van der Waals surface area contributed by atoms with Crippen LogP contribution in [-0.2, 0) is 17.8 Å². The molecule has 0 aliphatic rings. The number of benzene rings is 2. The Hall–Kier alpha value is -5.05. The average Bonchev–Trinajstić information content (AvgIpc) is 3.33. The molecule has 2 heterocycles. The van der Waals surface area contributed by atoms with Gasteiger partial charge >= 0.3 is 17.8 Å². The number of nitrogens with two attached hydrogens (primary N) is 1. The predicted octanol–water partition coefficient (Wildman–Crippen LogP) is 2.53. The second-order valence-electron chi connectivity index (χ2n) is 8.45. The Morgan fingerprint density at radius 1 is 1.15 bits per heavy atom. The van der Waals surface area contributed by atoms with Crippen LogP contribution in [0.5, 0.6) is 5.75 Å². The number of carbonyl (C=O) groups is 1. The van der Waals surface area contributed by atoms with Crippen molar-refractivity contribution in [1.29, 1.82) is 5.41 Å². The van der Waals surface area contributed by atoms with Gasteiger partial charge in [-0.2, -0.15) is 13.2 Å². The van der Waals surface area contributed by atoms with Gasteiger partial charge in [0, 0.05) is 23.9 Å². The van der Waals surface area contributed by atoms with Crippen LogP contribution in [0.15, 0.2) is 65.7 Å². The quantitative estimate of drug-likeness (QED) is 0.148. The molecular formula is C26H26F3N7O5. The Labute approximate surface area is 230 Å². The third-order valence-electron chi connectivity index (χ3n) is 5.54. The molecule has 0 aliphatic heterocycles. The summed E-state index contributed by atoms with van der Waals surface area (Å²) in [5, 5.41) is 29.0. The fourth-order valence-electron chi connectivity index (χ4n) is 3.69. The molecule has 0 amide bonds. The number of H-pyrrole nitrogens is 1. The molecule has 12 nitrogen and oxygen atoms in total. The van der Waals surface area contributed by atoms with E-state index in [0.29, 0.717) is 35.7 Å². The molecule has 0 bridgehead atoms. The highest BCUT2D eigenvalue weighted by Gasteiger charge is 2.38. The van der Waals surface area contributed by atoms with Gasteiger partial charge in [0.05, 0.1) is 13.2 Å². The average molecular weight is 574 g/mol. The Kier molecular flexibility index (Phi) is 9.92. The number of aliphatic carboxylic acids is 1. The zero-order valence-electron chi connectivity index (χ0n) is 21.6. The van der Waals surface area contributed by atoms with Crippen molar-refractivity contribution in [2.75, 3.05) is 6.61 Å². The van der Waals surface area contributed by atoms with Crippen molar-refractivity contribution in [2.45, 2.75) is 32.0 Å². The highest BCUT2D eigenvalue weighted by atomic mass is 19.4. The maximum atomic E-state index is 12.7. The minimum atomic E-state index is -5.08. The van der Waals surface area contributed by atoms with E-state index in [1.807, 2.05) is 31.2 Å². The molecule has 1 atom stereocenters. The maximum absolute atomic E-state index is 12.7. The van der Waals surface area contributed by atoms with Crippen LogP contribution < -0.4 is 16.2 Å². The lowest BCUT2D eigenvalue weighted by Crippen LogP contribution is -2.21. The van der Waals surface area contributed by atoms with Crippen LogP contribution in [0.25, 0.3) is 5.95 Å². The van der Waals surface area contributed by atoms with E-state index in [1.165, 1.54) is 12.4 Å². The number of hydrogen-bond donors (Lipinski definition) is 5. The number of alkyl halides is 3. The molecule has 0 radical (unpaired) electrons. The summed E-state index contributed by atoms with van der Waals surface area (Å²) in [6.07, 6.45) is -1.52. The van der Waals surface area contributed by atoms with Crippen LogP contribution in [0.4, 0.5) is 13.2 Å². The summed E-state index contributed by atoms with van der Waals surface area (Å²) in [4.78, 5) is 32.7. The van der Waals surface area contributed by atoms with Crippen LogP contribution in [0, 0.1) is 5.41 Å². The summed E-state index contributed by atoms with van der Waals surface area (Å²) in [5.74, 6) is -1.93. The zero-order chi connectivity index (χ0) is 30.2. The van der Waals surface area contributed by atoms with Crippen LogP contribution in [0.1, 0.15) is 40.9 Å². The van der Waals surface area contributed by atoms with Crippen LogP contribution in [0.2, 0.25) is 0 Å². The third-order valence-corrected chi connectivity index (χ3v) is 5.54. The van der Waals surface area contributed by atoms with Gasteiger partial charge in [0.1, 0.15) is 17.4 Å². The Bertz CT molecular complexity index is 1540. The largest absolute Gasteiger partial charge is 0.494 e. The lowest BCUT2D eigenvalue weighted by molar-refractivity contribution is -0.192. The van der Waals surface area contributed by atoms with Crippen LogP contribution in [-0.4, -0.2) is 59.5 Å². The second-order valence-corrected chi connectivity index (χ2v) is 8.45. The summed E-state index contributed by atoms with van der Waals surface area (Å²) in [6, 6.07) is 14.5. The predicted molar refractivity (Wildman–Crippen MR) is 140 cm³/mol. The van der Waals surface area contributed by atoms with E-state index in [1.54, 1.807) is 24.3 Å². The molecule has 41 heavy (non-hydrogen) atoms. The number of aromatic nitrogens is 5. The molecule has 2 aromatic carbocycles. The SMILES string of the molecule is CCOc1cc(CO)cc(C(Cc2ccc(C(=N)N)cc2)c2nn(-c3ncccn3)c(=O)[nH]2)c1.O=C(O)C(F)(F)F. The van der Waals surface area contributed by atoms with Crippen LogP contribution in [0.3, 0.4) is 0 Å². The summed E-state index contributed by atoms with van der Waals surface area (Å²) < 4.78 is 38.6. The first-order valence-electron chi connectivity index (χ1n) is 12.0. The van der Waals surface area contributed by atoms with E-state index in [-0.39, 0.29) is 24.3 Å². The highest BCUT2D eigenvalue weighted by molar-refractivity contribution is 5.94. The molecule has 0 saturated carbocycles. The van der Waals surface area contributed by atoms with Crippen LogP contribution >= 0.6 is 0 Å². The number of aliphatic hydroxyl groups is 1. The van der Waals surface area contributed by atoms with Crippen molar-refractivity contribution in [1.82, 2.24) is 24.7 Å². The molecule has 2 aromatic heterocycles. The number of halogens is 3. The van der Waals surface area contributed by atoms with Gasteiger partial charge < -0.3 is 20.7 Å². The summed E-state index contributed by atoms with van der Waals surface area (Å²) >= 11 is 0. The van der Waals surface area contributed by atoms with Crippen molar-refractivity contribution < 1.29 is 32.9 Å². The smallest absolute Gasteiger partial charge is 0.490 e. The first-order valence-corrected chi connectivity index (χ1v) is 12.0. The van der Waals surface area contributed by atoms with Crippen molar-refractivity contribution in [3.63, 3.8) is 0 Å². The molecule has 4 rings (SSSR count). The van der Waals surface area contributed by atoms with Gasteiger partial charge in [0.25, 0.3) is 5.95 Å². The third kappa shape index (κ3) is 8.22. The highest BCUT2D eigenvalue weighted by Crippen LogP contribution is 2.30. The first-order chi connectivity index (χ1) is 19.4. The second kappa shape index (κ2) is 13.3. The standard InChI is InChI=1S/C24H25N7O3.C2HF3O2/c1-2-34-19-11-16(14-32)10-18(13-19)20(12-15-4-6-17(7-5-15)21(25)26)22-29-24(33)31(30-22)23-27-8-3-9-28-23;3-2(4,5)1(6)7/h3-11,13,20,32H,2,12,14H2,1H3,(H3,25,26)(H,29,30,33);(H,6,7). The number of nitrogen functional groups attached to an aromatic ring is 1. The van der Waals surface area contributed by atoms with Gasteiger partial charge in [-0.05, 0) is 48.2 Å². The van der Waals surface area contributed by atoms with Gasteiger partial charge in [-0.25, -0.2) is 19.6 Å². The fourth-order valence-corrected chi connectivity index (χ4v) is 3.69. The van der Waals surface area contributed by atoms with Crippen molar-refractivity contribution in [3.8, 4) is 11.7 Å². The molecular weight excluding hydrogens is 547 g/mol. The number of aliphatic hydroxyl groups excluding tert-OH is 1. The zero-order valence-corrected chi connectivity index (χ0v) is 21.6. The number of carboxylic acid groups (broad SMARTS) is 1. The number of carboxylic acids is 1. The lowest BCUT2D eigenvalue weighted by Gasteiger charge is -2.18. The van der Waals surface area contributed by atoms with Gasteiger partial charge in [0.2, 0.25) is 0 Å². The van der Waals surface area contributed by atoms with E-state index >= 15 is 0 Å². The van der Waals surface area contributed by atoms with Gasteiger partial charge in [0.15, 0.2) is 0 Å². The van der Waals surface area contributed by atoms with Crippen molar-refractivity contribution in [2.24, 2.45) is 5.73 Å². The number of nitrogens with zero attached hydrogens (tertiary/aromatic N) is 4. The summed E-state index contributed by atoms with van der Waals surface area (Å²) in [6.45, 7) is 2.21. The molecule has 0 spiro atoms.